The van der Waals surface area contributed by atoms with E-state index in [1.54, 1.807) is 6.08 Å². The highest BCUT2D eigenvalue weighted by Gasteiger charge is 2.03. The van der Waals surface area contributed by atoms with E-state index in [9.17, 15) is 4.79 Å². The van der Waals surface area contributed by atoms with Crippen molar-refractivity contribution in [2.75, 3.05) is 45.6 Å². The van der Waals surface area contributed by atoms with Crippen molar-refractivity contribution in [2.24, 2.45) is 0 Å². The standard InChI is InChI=1S/C24H33N3O/c1-5-27(6-2)19-21-9-7-20(8-10-21)11-16-24(28)22-12-14-23(15-13-22)25-17-18-26(3)4/h7-16,25H,5-6,17-19H2,1-4H3. The Morgan fingerprint density at radius 3 is 2.18 bits per heavy atom. The van der Waals surface area contributed by atoms with Crippen LogP contribution in [0.25, 0.3) is 6.08 Å². The number of allylic oxidation sites excluding steroid dienone is 1. The molecule has 0 spiro atoms. The van der Waals surface area contributed by atoms with Crippen LogP contribution in [0.1, 0.15) is 35.3 Å². The van der Waals surface area contributed by atoms with Gasteiger partial charge < -0.3 is 10.2 Å². The van der Waals surface area contributed by atoms with Crippen LogP contribution >= 0.6 is 0 Å². The van der Waals surface area contributed by atoms with Gasteiger partial charge in [0.15, 0.2) is 5.78 Å². The molecule has 0 heterocycles. The second kappa shape index (κ2) is 11.4. The molecule has 0 amide bonds. The van der Waals surface area contributed by atoms with Crippen molar-refractivity contribution in [3.63, 3.8) is 0 Å². The fourth-order valence-electron chi connectivity index (χ4n) is 2.88. The number of anilines is 1. The first-order valence-corrected chi connectivity index (χ1v) is 10.0. The molecule has 0 bridgehead atoms. The van der Waals surface area contributed by atoms with Crippen molar-refractivity contribution in [1.29, 1.82) is 0 Å². The minimum Gasteiger partial charge on any atom is -0.384 e. The van der Waals surface area contributed by atoms with Crippen LogP contribution in [0.3, 0.4) is 0 Å². The molecular formula is C24H33N3O. The first kappa shape index (κ1) is 21.9. The summed E-state index contributed by atoms with van der Waals surface area (Å²) in [5.74, 6) is 0.0204. The lowest BCUT2D eigenvalue weighted by atomic mass is 10.1. The number of carbonyl (C=O) groups is 1. The van der Waals surface area contributed by atoms with Crippen LogP contribution in [-0.2, 0) is 6.54 Å². The minimum atomic E-state index is 0.0204. The molecule has 2 aromatic rings. The van der Waals surface area contributed by atoms with Crippen LogP contribution in [-0.4, -0.2) is 55.9 Å². The zero-order valence-electron chi connectivity index (χ0n) is 17.6. The van der Waals surface area contributed by atoms with E-state index in [1.807, 2.05) is 44.4 Å². The van der Waals surface area contributed by atoms with Gasteiger partial charge in [0.1, 0.15) is 0 Å². The van der Waals surface area contributed by atoms with E-state index in [0.717, 1.165) is 44.0 Å². The van der Waals surface area contributed by atoms with Crippen molar-refractivity contribution >= 4 is 17.5 Å². The number of ketones is 1. The first-order valence-electron chi connectivity index (χ1n) is 10.0. The second-order valence-corrected chi connectivity index (χ2v) is 7.21. The third-order valence-corrected chi connectivity index (χ3v) is 4.77. The Bertz CT molecular complexity index is 744. The molecule has 4 heteroatoms. The molecule has 2 aromatic carbocycles. The van der Waals surface area contributed by atoms with E-state index in [2.05, 4.69) is 53.2 Å². The van der Waals surface area contributed by atoms with Gasteiger partial charge in [-0.1, -0.05) is 44.2 Å². The van der Waals surface area contributed by atoms with Crippen molar-refractivity contribution in [2.45, 2.75) is 20.4 Å². The molecule has 2 rings (SSSR count). The Morgan fingerprint density at radius 2 is 1.61 bits per heavy atom. The fraction of sp³-hybridized carbons (Fsp3) is 0.375. The van der Waals surface area contributed by atoms with Gasteiger partial charge in [0.05, 0.1) is 0 Å². The van der Waals surface area contributed by atoms with E-state index >= 15 is 0 Å². The van der Waals surface area contributed by atoms with Crippen LogP contribution in [0.15, 0.2) is 54.6 Å². The molecule has 0 saturated heterocycles. The highest BCUT2D eigenvalue weighted by Crippen LogP contribution is 2.12. The lowest BCUT2D eigenvalue weighted by Crippen LogP contribution is -2.21. The van der Waals surface area contributed by atoms with Gasteiger partial charge in [-0.05, 0) is 68.7 Å². The molecule has 28 heavy (non-hydrogen) atoms. The smallest absolute Gasteiger partial charge is 0.185 e. The normalized spacial score (nSPS) is 11.5. The number of benzene rings is 2. The third-order valence-electron chi connectivity index (χ3n) is 4.77. The quantitative estimate of drug-likeness (QED) is 0.464. The Morgan fingerprint density at radius 1 is 0.964 bits per heavy atom. The van der Waals surface area contributed by atoms with Crippen molar-refractivity contribution in [3.8, 4) is 0 Å². The lowest BCUT2D eigenvalue weighted by molar-refractivity contribution is 0.104. The minimum absolute atomic E-state index is 0.0204. The highest BCUT2D eigenvalue weighted by molar-refractivity contribution is 6.06. The van der Waals surface area contributed by atoms with Gasteiger partial charge in [-0.25, -0.2) is 0 Å². The Balaban J connectivity index is 1.90. The molecule has 0 aliphatic carbocycles. The Kier molecular flexibility index (Phi) is 8.92. The summed E-state index contributed by atoms with van der Waals surface area (Å²) < 4.78 is 0. The summed E-state index contributed by atoms with van der Waals surface area (Å²) >= 11 is 0. The van der Waals surface area contributed by atoms with Crippen molar-refractivity contribution in [3.05, 3.63) is 71.3 Å². The van der Waals surface area contributed by atoms with E-state index < -0.39 is 0 Å². The second-order valence-electron chi connectivity index (χ2n) is 7.21. The molecule has 0 aliphatic rings. The maximum absolute atomic E-state index is 12.4. The van der Waals surface area contributed by atoms with Crippen LogP contribution in [0.2, 0.25) is 0 Å². The summed E-state index contributed by atoms with van der Waals surface area (Å²) in [6.07, 6.45) is 3.53. The molecule has 0 atom stereocenters. The van der Waals surface area contributed by atoms with Crippen LogP contribution in [0.5, 0.6) is 0 Å². The number of nitrogens with one attached hydrogen (secondary N) is 1. The molecule has 150 valence electrons. The molecule has 0 fully saturated rings. The predicted molar refractivity (Wildman–Crippen MR) is 120 cm³/mol. The van der Waals surface area contributed by atoms with Gasteiger partial charge in [0, 0.05) is 30.9 Å². The molecule has 0 aromatic heterocycles. The predicted octanol–water partition coefficient (Wildman–Crippen LogP) is 4.40. The summed E-state index contributed by atoms with van der Waals surface area (Å²) in [4.78, 5) is 16.9. The van der Waals surface area contributed by atoms with Gasteiger partial charge in [-0.3, -0.25) is 9.69 Å². The van der Waals surface area contributed by atoms with E-state index in [0.29, 0.717) is 5.56 Å². The maximum atomic E-state index is 12.4. The molecule has 4 nitrogen and oxygen atoms in total. The number of carbonyl (C=O) groups excluding carboxylic acids is 1. The van der Waals surface area contributed by atoms with Crippen molar-refractivity contribution in [1.82, 2.24) is 9.80 Å². The molecule has 0 aliphatic heterocycles. The molecule has 0 radical (unpaired) electrons. The van der Waals surface area contributed by atoms with Gasteiger partial charge >= 0.3 is 0 Å². The summed E-state index contributed by atoms with van der Waals surface area (Å²) in [7, 11) is 4.10. The topological polar surface area (TPSA) is 35.6 Å². The number of hydrogen-bond acceptors (Lipinski definition) is 4. The van der Waals surface area contributed by atoms with E-state index in [4.69, 9.17) is 0 Å². The largest absolute Gasteiger partial charge is 0.384 e. The number of likely N-dealkylation sites (N-methyl/N-ethyl adjacent to an activating group) is 1. The summed E-state index contributed by atoms with van der Waals surface area (Å²) in [5.41, 5.74) is 4.07. The Labute approximate surface area is 169 Å². The van der Waals surface area contributed by atoms with E-state index in [1.165, 1.54) is 5.56 Å². The zero-order valence-corrected chi connectivity index (χ0v) is 17.6. The third kappa shape index (κ3) is 7.29. The average molecular weight is 380 g/mol. The number of hydrogen-bond donors (Lipinski definition) is 1. The summed E-state index contributed by atoms with van der Waals surface area (Å²) in [5, 5.41) is 3.35. The average Bonchev–Trinajstić information content (AvgIpc) is 2.71. The highest BCUT2D eigenvalue weighted by atomic mass is 16.1. The first-order chi connectivity index (χ1) is 13.5. The van der Waals surface area contributed by atoms with Crippen LogP contribution in [0, 0.1) is 0 Å². The lowest BCUT2D eigenvalue weighted by Gasteiger charge is -2.17. The SMILES string of the molecule is CCN(CC)Cc1ccc(C=CC(=O)c2ccc(NCCN(C)C)cc2)cc1. The molecule has 1 N–H and O–H groups in total. The van der Waals surface area contributed by atoms with Gasteiger partial charge in [0.25, 0.3) is 0 Å². The van der Waals surface area contributed by atoms with Gasteiger partial charge in [-0.2, -0.15) is 0 Å². The number of rotatable bonds is 11. The molecular weight excluding hydrogens is 346 g/mol. The van der Waals surface area contributed by atoms with Crippen LogP contribution in [0.4, 0.5) is 5.69 Å². The number of nitrogens with zero attached hydrogens (tertiary/aromatic N) is 2. The Hall–Kier alpha value is -2.43. The molecule has 0 saturated carbocycles. The zero-order chi connectivity index (χ0) is 20.4. The molecule has 0 unspecified atom stereocenters. The summed E-state index contributed by atoms with van der Waals surface area (Å²) in [6.45, 7) is 9.27. The monoisotopic (exact) mass is 379 g/mol. The fourth-order valence-corrected chi connectivity index (χ4v) is 2.88. The van der Waals surface area contributed by atoms with Crippen LogP contribution < -0.4 is 5.32 Å². The van der Waals surface area contributed by atoms with Crippen molar-refractivity contribution < 1.29 is 4.79 Å². The summed E-state index contributed by atoms with van der Waals surface area (Å²) in [6, 6.07) is 16.1. The van der Waals surface area contributed by atoms with E-state index in [-0.39, 0.29) is 5.78 Å². The van der Waals surface area contributed by atoms with Gasteiger partial charge in [-0.15, -0.1) is 0 Å². The van der Waals surface area contributed by atoms with Gasteiger partial charge in [0.2, 0.25) is 0 Å². The maximum Gasteiger partial charge on any atom is 0.185 e.